The molecule has 0 aliphatic heterocycles. The van der Waals surface area contributed by atoms with E-state index in [2.05, 4.69) is 12.2 Å². The van der Waals surface area contributed by atoms with E-state index in [-0.39, 0.29) is 0 Å². The number of ether oxygens (including phenoxy) is 2. The second-order valence-corrected chi connectivity index (χ2v) is 7.44. The number of aryl methyl sites for hydroxylation is 3. The van der Waals surface area contributed by atoms with Crippen molar-refractivity contribution >= 4 is 28.9 Å². The number of hydrogen-bond acceptors (Lipinski definition) is 5. The highest BCUT2D eigenvalue weighted by atomic mass is 32.1. The Labute approximate surface area is 158 Å². The Kier molecular flexibility index (Phi) is 6.80. The highest BCUT2D eigenvalue weighted by Gasteiger charge is 2.22. The Morgan fingerprint density at radius 2 is 1.96 bits per heavy atom. The maximum absolute atomic E-state index is 12.4. The van der Waals surface area contributed by atoms with Gasteiger partial charge in [-0.25, -0.2) is 4.79 Å². The zero-order chi connectivity index (χ0) is 19.3. The SMILES string of the molecule is CCCc1cc(C(=O)O[C@H](C)C(=O)Nc2cc(C)ccc2OC)sc1C. The van der Waals surface area contributed by atoms with Gasteiger partial charge in [-0.1, -0.05) is 19.4 Å². The Hall–Kier alpha value is -2.34. The first kappa shape index (κ1) is 20.0. The van der Waals surface area contributed by atoms with E-state index in [9.17, 15) is 9.59 Å². The van der Waals surface area contributed by atoms with Gasteiger partial charge in [0.2, 0.25) is 0 Å². The zero-order valence-electron chi connectivity index (χ0n) is 15.8. The number of esters is 1. The number of amides is 1. The summed E-state index contributed by atoms with van der Waals surface area (Å²) in [4.78, 5) is 26.4. The molecule has 0 unspecified atom stereocenters. The molecule has 6 heteroatoms. The van der Waals surface area contributed by atoms with Crippen LogP contribution in [0.5, 0.6) is 5.75 Å². The summed E-state index contributed by atoms with van der Waals surface area (Å²) in [6, 6.07) is 7.35. The lowest BCUT2D eigenvalue weighted by Gasteiger charge is -2.15. The normalized spacial score (nSPS) is 11.7. The largest absolute Gasteiger partial charge is 0.495 e. The van der Waals surface area contributed by atoms with Crippen molar-refractivity contribution in [3.63, 3.8) is 0 Å². The van der Waals surface area contributed by atoms with E-state index in [0.29, 0.717) is 16.3 Å². The number of rotatable bonds is 7. The van der Waals surface area contributed by atoms with Gasteiger partial charge in [-0.3, -0.25) is 4.79 Å². The molecule has 0 saturated carbocycles. The number of thiophene rings is 1. The molecule has 1 amide bonds. The van der Waals surface area contributed by atoms with Crippen LogP contribution in [0.3, 0.4) is 0 Å². The first-order valence-electron chi connectivity index (χ1n) is 8.61. The molecule has 0 spiro atoms. The Morgan fingerprint density at radius 3 is 2.62 bits per heavy atom. The Morgan fingerprint density at radius 1 is 1.23 bits per heavy atom. The Bertz CT molecular complexity index is 797. The van der Waals surface area contributed by atoms with E-state index in [1.165, 1.54) is 18.4 Å². The number of carbonyl (C=O) groups is 2. The minimum absolute atomic E-state index is 0.399. The topological polar surface area (TPSA) is 64.6 Å². The van der Waals surface area contributed by atoms with E-state index >= 15 is 0 Å². The van der Waals surface area contributed by atoms with Crippen molar-refractivity contribution in [2.24, 2.45) is 0 Å². The molecule has 1 aromatic heterocycles. The molecule has 5 nitrogen and oxygen atoms in total. The van der Waals surface area contributed by atoms with Gasteiger partial charge in [0.1, 0.15) is 10.6 Å². The summed E-state index contributed by atoms with van der Waals surface area (Å²) in [7, 11) is 1.54. The van der Waals surface area contributed by atoms with Gasteiger partial charge in [0.05, 0.1) is 12.8 Å². The van der Waals surface area contributed by atoms with E-state index < -0.39 is 18.0 Å². The molecular weight excluding hydrogens is 350 g/mol. The average Bonchev–Trinajstić information content (AvgIpc) is 2.96. The quantitative estimate of drug-likeness (QED) is 0.723. The van der Waals surface area contributed by atoms with Crippen LogP contribution in [0.15, 0.2) is 24.3 Å². The molecule has 0 aliphatic rings. The minimum Gasteiger partial charge on any atom is -0.495 e. The molecule has 1 heterocycles. The zero-order valence-corrected chi connectivity index (χ0v) is 16.7. The van der Waals surface area contributed by atoms with E-state index in [4.69, 9.17) is 9.47 Å². The van der Waals surface area contributed by atoms with Crippen molar-refractivity contribution in [1.29, 1.82) is 0 Å². The van der Waals surface area contributed by atoms with Crippen molar-refractivity contribution in [3.8, 4) is 5.75 Å². The summed E-state index contributed by atoms with van der Waals surface area (Å²) in [5.41, 5.74) is 2.70. The number of carbonyl (C=O) groups excluding carboxylic acids is 2. The van der Waals surface area contributed by atoms with Crippen LogP contribution in [-0.2, 0) is 16.0 Å². The Balaban J connectivity index is 2.04. The summed E-state index contributed by atoms with van der Waals surface area (Å²) in [6.45, 7) is 7.57. The van der Waals surface area contributed by atoms with Gasteiger partial charge in [0.15, 0.2) is 6.10 Å². The lowest BCUT2D eigenvalue weighted by molar-refractivity contribution is -0.123. The number of methoxy groups -OCH3 is 1. The molecule has 2 rings (SSSR count). The molecule has 1 N–H and O–H groups in total. The summed E-state index contributed by atoms with van der Waals surface area (Å²) >= 11 is 1.40. The van der Waals surface area contributed by atoms with E-state index in [1.54, 1.807) is 13.0 Å². The second kappa shape index (κ2) is 8.85. The maximum Gasteiger partial charge on any atom is 0.349 e. The second-order valence-electron chi connectivity index (χ2n) is 6.18. The lowest BCUT2D eigenvalue weighted by atomic mass is 10.1. The van der Waals surface area contributed by atoms with Crippen LogP contribution in [0.25, 0.3) is 0 Å². The van der Waals surface area contributed by atoms with Gasteiger partial charge >= 0.3 is 5.97 Å². The van der Waals surface area contributed by atoms with Gasteiger partial charge in [0.25, 0.3) is 5.91 Å². The van der Waals surface area contributed by atoms with Crippen LogP contribution in [0, 0.1) is 13.8 Å². The summed E-state index contributed by atoms with van der Waals surface area (Å²) in [6.07, 6.45) is 1.03. The molecule has 0 saturated heterocycles. The van der Waals surface area contributed by atoms with Gasteiger partial charge in [-0.2, -0.15) is 0 Å². The van der Waals surface area contributed by atoms with Gasteiger partial charge in [-0.05, 0) is 56.5 Å². The number of nitrogens with one attached hydrogen (secondary N) is 1. The number of benzene rings is 1. The summed E-state index contributed by atoms with van der Waals surface area (Å²) in [5.74, 6) is -0.316. The molecule has 1 aromatic carbocycles. The van der Waals surface area contributed by atoms with Crippen LogP contribution in [-0.4, -0.2) is 25.1 Å². The van der Waals surface area contributed by atoms with Crippen LogP contribution in [0.2, 0.25) is 0 Å². The first-order chi connectivity index (χ1) is 12.3. The van der Waals surface area contributed by atoms with Crippen molar-refractivity contribution < 1.29 is 19.1 Å². The highest BCUT2D eigenvalue weighted by Crippen LogP contribution is 2.26. The lowest BCUT2D eigenvalue weighted by Crippen LogP contribution is -2.30. The third-order valence-corrected chi connectivity index (χ3v) is 5.08. The third kappa shape index (κ3) is 4.85. The van der Waals surface area contributed by atoms with Crippen LogP contribution >= 0.6 is 11.3 Å². The van der Waals surface area contributed by atoms with E-state index in [1.807, 2.05) is 32.0 Å². The van der Waals surface area contributed by atoms with Crippen LogP contribution < -0.4 is 10.1 Å². The molecule has 0 fully saturated rings. The van der Waals surface area contributed by atoms with Crippen LogP contribution in [0.4, 0.5) is 5.69 Å². The number of hydrogen-bond donors (Lipinski definition) is 1. The first-order valence-corrected chi connectivity index (χ1v) is 9.43. The minimum atomic E-state index is -0.912. The molecule has 0 bridgehead atoms. The summed E-state index contributed by atoms with van der Waals surface area (Å²) < 4.78 is 10.6. The fourth-order valence-corrected chi connectivity index (χ4v) is 3.52. The summed E-state index contributed by atoms with van der Waals surface area (Å²) in [5, 5.41) is 2.76. The smallest absolute Gasteiger partial charge is 0.349 e. The molecule has 140 valence electrons. The maximum atomic E-state index is 12.4. The van der Waals surface area contributed by atoms with Crippen molar-refractivity contribution in [3.05, 3.63) is 45.1 Å². The standard InChI is InChI=1S/C20H25NO4S/c1-6-7-15-11-18(26-14(15)4)20(23)25-13(3)19(22)21-16-10-12(2)8-9-17(16)24-5/h8-11,13H,6-7H2,1-5H3,(H,21,22)/t13-/m1/s1. The predicted octanol–water partition coefficient (Wildman–Crippen LogP) is 4.51. The van der Waals surface area contributed by atoms with Crippen molar-refractivity contribution in [2.75, 3.05) is 12.4 Å². The molecule has 2 aromatic rings. The van der Waals surface area contributed by atoms with Crippen molar-refractivity contribution in [1.82, 2.24) is 0 Å². The fourth-order valence-electron chi connectivity index (χ4n) is 2.56. The highest BCUT2D eigenvalue weighted by molar-refractivity contribution is 7.14. The van der Waals surface area contributed by atoms with Crippen molar-refractivity contribution in [2.45, 2.75) is 46.6 Å². The predicted molar refractivity (Wildman–Crippen MR) is 104 cm³/mol. The molecule has 0 radical (unpaired) electrons. The fraction of sp³-hybridized carbons (Fsp3) is 0.400. The van der Waals surface area contributed by atoms with Gasteiger partial charge in [-0.15, -0.1) is 11.3 Å². The van der Waals surface area contributed by atoms with E-state index in [0.717, 1.165) is 28.8 Å². The van der Waals surface area contributed by atoms with Gasteiger partial charge in [0, 0.05) is 4.88 Å². The third-order valence-electron chi connectivity index (χ3n) is 4.01. The monoisotopic (exact) mass is 375 g/mol. The molecule has 1 atom stereocenters. The van der Waals surface area contributed by atoms with Crippen LogP contribution in [0.1, 0.15) is 45.9 Å². The van der Waals surface area contributed by atoms with Gasteiger partial charge < -0.3 is 14.8 Å². The molecule has 26 heavy (non-hydrogen) atoms. The molecular formula is C20H25NO4S. The number of anilines is 1. The molecule has 0 aliphatic carbocycles. The average molecular weight is 375 g/mol.